The van der Waals surface area contributed by atoms with Crippen LogP contribution in [-0.2, 0) is 152 Å². The molecule has 120 valence electrons. The third-order valence-electron chi connectivity index (χ3n) is 1.57. The minimum absolute atomic E-state index is 0. The van der Waals surface area contributed by atoms with Gasteiger partial charge in [-0.05, 0) is 24.3 Å². The van der Waals surface area contributed by atoms with Gasteiger partial charge < -0.3 is 19.7 Å². The van der Waals surface area contributed by atoms with Crippen molar-refractivity contribution < 1.29 is 167 Å². The average molecular weight is 1490 g/mol. The Hall–Kier alpha value is 3.56. The van der Waals surface area contributed by atoms with E-state index in [1.165, 1.54) is 0 Å². The van der Waals surface area contributed by atoms with Crippen LogP contribution >= 0.6 is 0 Å². The maximum Gasteiger partial charge on any atom is 0.119 e. The molecule has 1 rings (SSSR count). The molecule has 0 aromatic heterocycles. The van der Waals surface area contributed by atoms with Crippen molar-refractivity contribution in [3.05, 3.63) is 24.3 Å². The monoisotopic (exact) mass is 1490 g/mol. The quantitative estimate of drug-likeness (QED) is 0.414. The van der Waals surface area contributed by atoms with Crippen LogP contribution in [0.15, 0.2) is 24.3 Å². The summed E-state index contributed by atoms with van der Waals surface area (Å²) in [5, 5.41) is 17.4. The molecule has 0 unspecified atom stereocenters. The molecule has 0 aliphatic rings. The molecule has 1 aromatic rings. The predicted octanol–water partition coefficient (Wildman–Crippen LogP) is 0.762. The van der Waals surface area contributed by atoms with Crippen molar-refractivity contribution in [3.8, 4) is 11.5 Å². The van der Waals surface area contributed by atoms with Crippen LogP contribution in [0.25, 0.3) is 0 Å². The maximum absolute atomic E-state index is 8.99. The number of rotatable bonds is 6. The van der Waals surface area contributed by atoms with Crippen molar-refractivity contribution in [1.29, 1.82) is 0 Å². The Morgan fingerprint density at radius 1 is 0.714 bits per heavy atom. The molecule has 1 aromatic carbocycles. The molecule has 4 nitrogen and oxygen atoms in total. The number of phenolic OH excluding ortho intramolecular Hbond substituents is 1. The second-order valence-corrected chi connectivity index (χ2v) is 2.68. The standard InChI is InChI=1S/C10H14O4.7W/c11-5-6-13-7-8-14-10-3-1-9(12)2-4-10;;;;;;;/h1-4,11-12H,5-8H2;;;;;;;. The fraction of sp³-hybridized carbons (Fsp3) is 0.400. The second kappa shape index (κ2) is 31.3. The number of ether oxygens (including phenoxy) is 2. The molecule has 0 aliphatic heterocycles. The zero-order valence-corrected chi connectivity index (χ0v) is 31.2. The summed E-state index contributed by atoms with van der Waals surface area (Å²) < 4.78 is 10.3. The van der Waals surface area contributed by atoms with Crippen molar-refractivity contribution in [1.82, 2.24) is 0 Å². The maximum atomic E-state index is 8.99. The predicted molar refractivity (Wildman–Crippen MR) is 51.5 cm³/mol. The summed E-state index contributed by atoms with van der Waals surface area (Å²) in [4.78, 5) is 0. The molecule has 0 aliphatic carbocycles. The Morgan fingerprint density at radius 3 is 1.62 bits per heavy atom. The first-order valence-corrected chi connectivity index (χ1v) is 4.43. The summed E-state index contributed by atoms with van der Waals surface area (Å²) in [5.74, 6) is 0.907. The summed E-state index contributed by atoms with van der Waals surface area (Å²) in [6.07, 6.45) is 0. The molecule has 0 atom stereocenters. The molecule has 0 spiro atoms. The van der Waals surface area contributed by atoms with Crippen LogP contribution in [0.2, 0.25) is 0 Å². The zero-order valence-electron chi connectivity index (χ0n) is 10.7. The number of hydrogen-bond donors (Lipinski definition) is 2. The van der Waals surface area contributed by atoms with Gasteiger partial charge in [-0.25, -0.2) is 0 Å². The van der Waals surface area contributed by atoms with Crippen LogP contribution < -0.4 is 4.74 Å². The van der Waals surface area contributed by atoms with Gasteiger partial charge in [0.2, 0.25) is 0 Å². The van der Waals surface area contributed by atoms with Crippen molar-refractivity contribution in [2.24, 2.45) is 0 Å². The van der Waals surface area contributed by atoms with E-state index in [0.29, 0.717) is 25.6 Å². The van der Waals surface area contributed by atoms with Crippen LogP contribution in [0.3, 0.4) is 0 Å². The van der Waals surface area contributed by atoms with Gasteiger partial charge in [-0.3, -0.25) is 0 Å². The van der Waals surface area contributed by atoms with Gasteiger partial charge in [0.15, 0.2) is 0 Å². The van der Waals surface area contributed by atoms with Gasteiger partial charge in [0.1, 0.15) is 18.1 Å². The van der Waals surface area contributed by atoms with Crippen molar-refractivity contribution in [3.63, 3.8) is 0 Å². The van der Waals surface area contributed by atoms with Gasteiger partial charge >= 0.3 is 0 Å². The second-order valence-electron chi connectivity index (χ2n) is 2.68. The van der Waals surface area contributed by atoms with Gasteiger partial charge in [-0.1, -0.05) is 0 Å². The van der Waals surface area contributed by atoms with Crippen LogP contribution in [0.1, 0.15) is 0 Å². The third-order valence-corrected chi connectivity index (χ3v) is 1.57. The van der Waals surface area contributed by atoms with E-state index in [4.69, 9.17) is 19.7 Å². The summed E-state index contributed by atoms with van der Waals surface area (Å²) in [7, 11) is 0. The largest absolute Gasteiger partial charge is 0.508 e. The first kappa shape index (κ1) is 44.2. The van der Waals surface area contributed by atoms with E-state index in [2.05, 4.69) is 0 Å². The summed E-state index contributed by atoms with van der Waals surface area (Å²) in [5.41, 5.74) is 0. The molecule has 0 amide bonds. The van der Waals surface area contributed by atoms with Gasteiger partial charge in [-0.2, -0.15) is 0 Å². The molecule has 0 fully saturated rings. The molecule has 2 N–H and O–H groups in total. The first-order chi connectivity index (χ1) is 6.83. The topological polar surface area (TPSA) is 58.9 Å². The Morgan fingerprint density at radius 2 is 1.19 bits per heavy atom. The SMILES string of the molecule is OCCOCCOc1ccc(O)cc1.[W].[W].[W].[W].[W].[W].[W]. The normalized spacial score (nSPS) is 6.71. The van der Waals surface area contributed by atoms with E-state index in [0.717, 1.165) is 0 Å². The minimum atomic E-state index is 0. The minimum Gasteiger partial charge on any atom is -0.508 e. The Bertz CT molecular complexity index is 264. The Balaban J connectivity index is -0.0000000560. The molecule has 0 saturated heterocycles. The van der Waals surface area contributed by atoms with Gasteiger partial charge in [-0.15, -0.1) is 0 Å². The number of benzene rings is 1. The number of aliphatic hydroxyl groups is 1. The molecule has 11 heteroatoms. The van der Waals surface area contributed by atoms with Gasteiger partial charge in [0.25, 0.3) is 0 Å². The number of phenols is 1. The number of hydrogen-bond acceptors (Lipinski definition) is 4. The van der Waals surface area contributed by atoms with E-state index in [1.807, 2.05) is 0 Å². The van der Waals surface area contributed by atoms with Crippen molar-refractivity contribution in [2.75, 3.05) is 26.4 Å². The van der Waals surface area contributed by atoms with Crippen molar-refractivity contribution >= 4 is 0 Å². The van der Waals surface area contributed by atoms with Gasteiger partial charge in [0, 0.05) is 147 Å². The van der Waals surface area contributed by atoms with Crippen LogP contribution in [0.5, 0.6) is 11.5 Å². The third kappa shape index (κ3) is 25.9. The molecular weight excluding hydrogens is 1470 g/mol. The molecule has 21 heavy (non-hydrogen) atoms. The Kier molecular flexibility index (Phi) is 66.0. The molecule has 0 radical (unpaired) electrons. The molecule has 0 bridgehead atoms. The van der Waals surface area contributed by atoms with Crippen molar-refractivity contribution in [2.45, 2.75) is 0 Å². The first-order valence-electron chi connectivity index (χ1n) is 4.43. The number of aliphatic hydroxyl groups excluding tert-OH is 1. The van der Waals surface area contributed by atoms with E-state index in [1.54, 1.807) is 24.3 Å². The summed E-state index contributed by atoms with van der Waals surface area (Å²) >= 11 is 0. The molecular formula is C10H14O4W7. The smallest absolute Gasteiger partial charge is 0.119 e. The van der Waals surface area contributed by atoms with E-state index in [-0.39, 0.29) is 160 Å². The zero-order chi connectivity index (χ0) is 10.2. The summed E-state index contributed by atoms with van der Waals surface area (Å²) in [6, 6.07) is 6.48. The fourth-order valence-electron chi connectivity index (χ4n) is 0.927. The average Bonchev–Trinajstić information content (AvgIpc) is 2.21. The number of aromatic hydroxyl groups is 1. The Labute approximate surface area is 225 Å². The van der Waals surface area contributed by atoms with Crippen LogP contribution in [0, 0.1) is 0 Å². The van der Waals surface area contributed by atoms with Crippen LogP contribution in [-0.4, -0.2) is 36.6 Å². The van der Waals surface area contributed by atoms with Crippen LogP contribution in [0.4, 0.5) is 0 Å². The molecule has 0 saturated carbocycles. The van der Waals surface area contributed by atoms with E-state index < -0.39 is 0 Å². The van der Waals surface area contributed by atoms with E-state index >= 15 is 0 Å². The summed E-state index contributed by atoms with van der Waals surface area (Å²) in [6.45, 7) is 1.24. The molecule has 0 heterocycles. The van der Waals surface area contributed by atoms with Gasteiger partial charge in [0.05, 0.1) is 19.8 Å². The fourth-order valence-corrected chi connectivity index (χ4v) is 0.927. The van der Waals surface area contributed by atoms with E-state index in [9.17, 15) is 0 Å².